The summed E-state index contributed by atoms with van der Waals surface area (Å²) in [5, 5.41) is 57.3. The highest BCUT2D eigenvalue weighted by Crippen LogP contribution is 2.29. The Hall–Kier alpha value is -2.40. The second kappa shape index (κ2) is 19.2. The Morgan fingerprint density at radius 2 is 1.86 bits per heavy atom. The number of hydrogen-bond donors (Lipinski definition) is 5. The van der Waals surface area contributed by atoms with Gasteiger partial charge in [0.25, 0.3) is 0 Å². The van der Waals surface area contributed by atoms with Crippen molar-refractivity contribution >= 4 is 23.4 Å². The van der Waals surface area contributed by atoms with Crippen LogP contribution in [0.4, 0.5) is 0 Å². The van der Waals surface area contributed by atoms with Crippen LogP contribution in [-0.2, 0) is 9.53 Å². The highest BCUT2D eigenvalue weighted by Gasteiger charge is 2.37. The lowest BCUT2D eigenvalue weighted by molar-refractivity contribution is -0.165. The lowest BCUT2D eigenvalue weighted by atomic mass is 9.87. The van der Waals surface area contributed by atoms with Crippen LogP contribution in [0.1, 0.15) is 103 Å². The number of thiazole rings is 1. The molecule has 0 saturated carbocycles. The molecule has 0 radical (unpaired) electrons. The number of hydrogen-bond acceptors (Lipinski definition) is 9. The van der Waals surface area contributed by atoms with E-state index in [1.165, 1.54) is 11.3 Å². The second-order valence-corrected chi connectivity index (χ2v) is 12.8. The van der Waals surface area contributed by atoms with Crippen LogP contribution in [0.3, 0.4) is 0 Å². The molecule has 1 aliphatic heterocycles. The Balaban J connectivity index is 2.50. The van der Waals surface area contributed by atoms with Gasteiger partial charge in [0.15, 0.2) is 6.10 Å². The van der Waals surface area contributed by atoms with E-state index in [1.54, 1.807) is 44.2 Å². The van der Waals surface area contributed by atoms with Gasteiger partial charge in [0.2, 0.25) is 0 Å². The van der Waals surface area contributed by atoms with Gasteiger partial charge in [0.1, 0.15) is 0 Å². The zero-order chi connectivity index (χ0) is 32.8. The Kier molecular flexibility index (Phi) is 16.5. The molecule has 1 aromatic rings. The van der Waals surface area contributed by atoms with Crippen molar-refractivity contribution in [2.75, 3.05) is 0 Å². The molecule has 2 bridgehead atoms. The van der Waals surface area contributed by atoms with Crippen molar-refractivity contribution in [1.82, 2.24) is 4.98 Å². The van der Waals surface area contributed by atoms with Crippen molar-refractivity contribution < 1.29 is 35.1 Å². The first kappa shape index (κ1) is 37.8. The summed E-state index contributed by atoms with van der Waals surface area (Å²) in [6, 6.07) is 0. The van der Waals surface area contributed by atoms with E-state index in [9.17, 15) is 30.3 Å². The topological polar surface area (TPSA) is 140 Å². The predicted molar refractivity (Wildman–Crippen MR) is 177 cm³/mol. The van der Waals surface area contributed by atoms with Gasteiger partial charge >= 0.3 is 5.97 Å². The van der Waals surface area contributed by atoms with Gasteiger partial charge < -0.3 is 30.3 Å². The second-order valence-electron chi connectivity index (χ2n) is 12.0. The van der Waals surface area contributed by atoms with Crippen molar-refractivity contribution in [3.8, 4) is 0 Å². The Morgan fingerprint density at radius 3 is 2.55 bits per heavy atom. The molecule has 0 aliphatic carbocycles. The molecule has 0 unspecified atom stereocenters. The van der Waals surface area contributed by atoms with Crippen LogP contribution in [0.25, 0.3) is 6.08 Å². The van der Waals surface area contributed by atoms with E-state index in [2.05, 4.69) is 11.9 Å². The molecule has 0 saturated heterocycles. The normalized spacial score (nSPS) is 29.4. The standard InChI is InChI=1S/C35H53NO7S/c1-7-9-10-12-15-26-19-27-21-44-34(36-27)24(5)30(39)20-28(37)16-13-11-14-17-29(38)33(43-35(26)42)32(41)25(6)31(40)23(4)18-22(3)8-2/h8,11,13-14,16,18-19,21,24-25,28-33,37-41H,7,9-10,12,15,17,20H2,1-6H3/b14-11-,16-13+,22-8-,23-18-,26-19-/t24-,25+,28-,29+,30+,31-,32-,33-/m1/s1. The number of cyclic esters (lactones) is 1. The Bertz CT molecular complexity index is 1180. The monoisotopic (exact) mass is 631 g/mol. The fraction of sp³-hybridized carbons (Fsp3) is 0.600. The van der Waals surface area contributed by atoms with E-state index in [1.807, 2.05) is 38.3 Å². The fourth-order valence-corrected chi connectivity index (χ4v) is 5.94. The van der Waals surface area contributed by atoms with Gasteiger partial charge in [0.05, 0.1) is 41.2 Å². The number of allylic oxidation sites excluding steroid dienone is 5. The fourth-order valence-electron chi connectivity index (χ4n) is 5.05. The maximum atomic E-state index is 13.7. The molecule has 1 aromatic heterocycles. The number of carbonyl (C=O) groups is 1. The van der Waals surface area contributed by atoms with Gasteiger partial charge in [0, 0.05) is 29.2 Å². The average molecular weight is 632 g/mol. The maximum absolute atomic E-state index is 13.7. The highest BCUT2D eigenvalue weighted by molar-refractivity contribution is 7.09. The summed E-state index contributed by atoms with van der Waals surface area (Å²) in [7, 11) is 0. The summed E-state index contributed by atoms with van der Waals surface area (Å²) in [5.74, 6) is -1.73. The van der Waals surface area contributed by atoms with Crippen LogP contribution in [0, 0.1) is 5.92 Å². The van der Waals surface area contributed by atoms with Gasteiger partial charge in [-0.25, -0.2) is 9.78 Å². The van der Waals surface area contributed by atoms with E-state index in [-0.39, 0.29) is 18.8 Å². The van der Waals surface area contributed by atoms with Crippen LogP contribution in [0.15, 0.2) is 58.6 Å². The van der Waals surface area contributed by atoms with Crippen molar-refractivity contribution in [3.63, 3.8) is 0 Å². The van der Waals surface area contributed by atoms with Gasteiger partial charge in [-0.15, -0.1) is 11.3 Å². The molecule has 2 rings (SSSR count). The molecule has 246 valence electrons. The van der Waals surface area contributed by atoms with E-state index >= 15 is 0 Å². The first-order valence-corrected chi connectivity index (χ1v) is 16.7. The number of carbonyl (C=O) groups excluding carboxylic acids is 1. The maximum Gasteiger partial charge on any atom is 0.334 e. The lowest BCUT2D eigenvalue weighted by Crippen LogP contribution is -2.47. The first-order chi connectivity index (χ1) is 20.9. The third kappa shape index (κ3) is 11.8. The van der Waals surface area contributed by atoms with Gasteiger partial charge in [-0.05, 0) is 51.7 Å². The highest BCUT2D eigenvalue weighted by atomic mass is 32.1. The number of unbranched alkanes of at least 4 members (excludes halogenated alkanes) is 3. The lowest BCUT2D eigenvalue weighted by Gasteiger charge is -2.33. The number of esters is 1. The number of nitrogens with zero attached hydrogens (tertiary/aromatic N) is 1. The summed E-state index contributed by atoms with van der Waals surface area (Å²) >= 11 is 1.37. The molecule has 9 heteroatoms. The first-order valence-electron chi connectivity index (χ1n) is 15.8. The van der Waals surface area contributed by atoms with Crippen molar-refractivity contribution in [1.29, 1.82) is 0 Å². The number of aliphatic hydroxyl groups excluding tert-OH is 5. The Labute approximate surface area is 267 Å². The summed E-state index contributed by atoms with van der Waals surface area (Å²) in [6.07, 6.45) is 9.58. The smallest absolute Gasteiger partial charge is 0.334 e. The molecule has 0 aromatic carbocycles. The quantitative estimate of drug-likeness (QED) is 0.125. The molecule has 44 heavy (non-hydrogen) atoms. The van der Waals surface area contributed by atoms with Crippen LogP contribution in [0.5, 0.6) is 0 Å². The van der Waals surface area contributed by atoms with Gasteiger partial charge in [-0.2, -0.15) is 0 Å². The van der Waals surface area contributed by atoms with Crippen molar-refractivity contribution in [2.45, 2.75) is 129 Å². The molecule has 5 N–H and O–H groups in total. The van der Waals surface area contributed by atoms with E-state index in [4.69, 9.17) is 4.74 Å². The van der Waals surface area contributed by atoms with Gasteiger partial charge in [-0.1, -0.05) is 82.1 Å². The SMILES string of the molecule is C/C=C(C)\C=C(\C)[C@@H](O)[C@H](C)[C@@H](O)[C@@H]1OC(=O)/C(CCCCCC)=C\c2csc(n2)[C@H](C)[C@@H](O)C[C@H](O)/C=C/C=C\C[C@@H]1O. The molecular formula is C35H53NO7S. The third-order valence-corrected chi connectivity index (χ3v) is 9.27. The van der Waals surface area contributed by atoms with Crippen molar-refractivity contribution in [2.24, 2.45) is 5.92 Å². The minimum absolute atomic E-state index is 0.0510. The number of rotatable bonds is 10. The van der Waals surface area contributed by atoms with Crippen LogP contribution < -0.4 is 0 Å². The number of ether oxygens (including phenoxy) is 1. The van der Waals surface area contributed by atoms with Gasteiger partial charge in [-0.3, -0.25) is 0 Å². The molecule has 0 amide bonds. The summed E-state index contributed by atoms with van der Waals surface area (Å²) < 4.78 is 5.89. The predicted octanol–water partition coefficient (Wildman–Crippen LogP) is 5.77. The van der Waals surface area contributed by atoms with Crippen LogP contribution in [0.2, 0.25) is 0 Å². The molecule has 8 nitrogen and oxygen atoms in total. The minimum atomic E-state index is -1.37. The summed E-state index contributed by atoms with van der Waals surface area (Å²) in [5.41, 5.74) is 2.53. The summed E-state index contributed by atoms with van der Waals surface area (Å²) in [4.78, 5) is 18.3. The molecule has 0 fully saturated rings. The van der Waals surface area contributed by atoms with E-state index < -0.39 is 48.5 Å². The number of fused-ring (bicyclic) bond motifs is 2. The Morgan fingerprint density at radius 1 is 1.14 bits per heavy atom. The van der Waals surface area contributed by atoms with Crippen LogP contribution >= 0.6 is 11.3 Å². The van der Waals surface area contributed by atoms with E-state index in [0.29, 0.717) is 28.3 Å². The average Bonchev–Trinajstić information content (AvgIpc) is 3.47. The molecular weight excluding hydrogens is 578 g/mol. The van der Waals surface area contributed by atoms with Crippen molar-refractivity contribution in [3.05, 3.63) is 69.3 Å². The number of aliphatic hydroxyl groups is 5. The molecule has 2 heterocycles. The number of aromatic nitrogens is 1. The summed E-state index contributed by atoms with van der Waals surface area (Å²) in [6.45, 7) is 11.2. The zero-order valence-electron chi connectivity index (χ0n) is 27.1. The van der Waals surface area contributed by atoms with Crippen LogP contribution in [-0.4, -0.2) is 73.1 Å². The zero-order valence-corrected chi connectivity index (χ0v) is 27.9. The molecule has 1 aliphatic rings. The molecule has 8 atom stereocenters. The minimum Gasteiger partial charge on any atom is -0.453 e. The largest absolute Gasteiger partial charge is 0.453 e. The third-order valence-electron chi connectivity index (χ3n) is 8.20. The molecule has 0 spiro atoms. The van der Waals surface area contributed by atoms with E-state index in [0.717, 1.165) is 31.3 Å².